The van der Waals surface area contributed by atoms with E-state index < -0.39 is 27.3 Å². The van der Waals surface area contributed by atoms with Crippen LogP contribution in [0.4, 0.5) is 24.5 Å². The summed E-state index contributed by atoms with van der Waals surface area (Å²) in [5.74, 6) is -0.108. The molecular formula is C21H21F3N4O5. The van der Waals surface area contributed by atoms with E-state index in [0.717, 1.165) is 17.7 Å². The number of amides is 1. The lowest BCUT2D eigenvalue weighted by Gasteiger charge is -2.34. The Hall–Kier alpha value is -3.54. The van der Waals surface area contributed by atoms with Crippen LogP contribution in [0.2, 0.25) is 0 Å². The molecule has 1 saturated heterocycles. The zero-order valence-corrected chi connectivity index (χ0v) is 17.5. The minimum absolute atomic E-state index is 0.00110. The summed E-state index contributed by atoms with van der Waals surface area (Å²) in [4.78, 5) is 36.0. The van der Waals surface area contributed by atoms with Gasteiger partial charge in [-0.05, 0) is 30.0 Å². The first-order chi connectivity index (χ1) is 15.5. The van der Waals surface area contributed by atoms with Crippen LogP contribution in [-0.4, -0.2) is 58.3 Å². The van der Waals surface area contributed by atoms with Crippen molar-refractivity contribution in [3.05, 3.63) is 79.4 Å². The van der Waals surface area contributed by atoms with E-state index in [1.807, 2.05) is 4.90 Å². The Morgan fingerprint density at radius 3 is 2.09 bits per heavy atom. The van der Waals surface area contributed by atoms with Crippen molar-refractivity contribution < 1.29 is 27.8 Å². The van der Waals surface area contributed by atoms with Crippen LogP contribution in [-0.2, 0) is 23.8 Å². The van der Waals surface area contributed by atoms with Crippen molar-refractivity contribution in [3.63, 3.8) is 0 Å². The van der Waals surface area contributed by atoms with Crippen LogP contribution in [0.1, 0.15) is 16.7 Å². The van der Waals surface area contributed by atoms with Gasteiger partial charge in [0.2, 0.25) is 5.91 Å². The van der Waals surface area contributed by atoms with Gasteiger partial charge in [-0.1, -0.05) is 18.2 Å². The summed E-state index contributed by atoms with van der Waals surface area (Å²) in [7, 11) is 0. The minimum atomic E-state index is -4.83. The van der Waals surface area contributed by atoms with Crippen LogP contribution in [0.15, 0.2) is 42.5 Å². The van der Waals surface area contributed by atoms with Crippen LogP contribution < -0.4 is 0 Å². The highest BCUT2D eigenvalue weighted by Gasteiger charge is 2.38. The number of alkyl halides is 3. The molecule has 1 amide bonds. The number of carbonyl (C=O) groups is 1. The molecule has 1 aliphatic rings. The largest absolute Gasteiger partial charge is 0.423 e. The Labute approximate surface area is 186 Å². The second-order valence-corrected chi connectivity index (χ2v) is 7.69. The third-order valence-corrected chi connectivity index (χ3v) is 5.50. The Bertz CT molecular complexity index is 1040. The number of piperazine rings is 1. The summed E-state index contributed by atoms with van der Waals surface area (Å²) in [6.07, 6.45) is -4.06. The van der Waals surface area contributed by atoms with E-state index in [1.165, 1.54) is 18.2 Å². The molecule has 2 aromatic carbocycles. The van der Waals surface area contributed by atoms with E-state index in [4.69, 9.17) is 0 Å². The summed E-state index contributed by atoms with van der Waals surface area (Å²) in [5.41, 5.74) is -1.09. The lowest BCUT2D eigenvalue weighted by Crippen LogP contribution is -2.51. The molecule has 0 aromatic heterocycles. The predicted octanol–water partition coefficient (Wildman–Crippen LogP) is 3.45. The van der Waals surface area contributed by atoms with Crippen LogP contribution in [0.5, 0.6) is 0 Å². The zero-order chi connectivity index (χ0) is 24.2. The number of rotatable bonds is 8. The molecule has 0 N–H and O–H groups in total. The van der Waals surface area contributed by atoms with Crippen LogP contribution in [0.25, 0.3) is 0 Å². The highest BCUT2D eigenvalue weighted by Crippen LogP contribution is 2.36. The highest BCUT2D eigenvalue weighted by atomic mass is 19.4. The van der Waals surface area contributed by atoms with E-state index in [1.54, 1.807) is 17.0 Å². The van der Waals surface area contributed by atoms with E-state index in [0.29, 0.717) is 38.2 Å². The van der Waals surface area contributed by atoms with Gasteiger partial charge in [0.25, 0.3) is 11.4 Å². The molecule has 176 valence electrons. The van der Waals surface area contributed by atoms with Gasteiger partial charge in [0.15, 0.2) is 0 Å². The van der Waals surface area contributed by atoms with Gasteiger partial charge in [-0.15, -0.1) is 0 Å². The topological polar surface area (TPSA) is 110 Å². The fraction of sp³-hybridized carbons (Fsp3) is 0.381. The average molecular weight is 466 g/mol. The van der Waals surface area contributed by atoms with E-state index in [-0.39, 0.29) is 24.6 Å². The maximum absolute atomic E-state index is 13.1. The zero-order valence-electron chi connectivity index (χ0n) is 17.5. The first-order valence-electron chi connectivity index (χ1n) is 10.1. The van der Waals surface area contributed by atoms with Crippen molar-refractivity contribution >= 4 is 17.3 Å². The minimum Gasteiger partial charge on any atom is -0.340 e. The number of nitrogens with zero attached hydrogens (tertiary/aromatic N) is 4. The molecule has 1 heterocycles. The van der Waals surface area contributed by atoms with Crippen molar-refractivity contribution in [2.75, 3.05) is 32.7 Å². The average Bonchev–Trinajstić information content (AvgIpc) is 2.76. The first kappa shape index (κ1) is 24.1. The highest BCUT2D eigenvalue weighted by molar-refractivity contribution is 5.79. The van der Waals surface area contributed by atoms with Gasteiger partial charge in [0, 0.05) is 44.4 Å². The van der Waals surface area contributed by atoms with Gasteiger partial charge in [0.1, 0.15) is 5.56 Å². The number of nitro groups is 2. The molecule has 0 bridgehead atoms. The van der Waals surface area contributed by atoms with Crippen molar-refractivity contribution in [2.24, 2.45) is 0 Å². The molecule has 0 aliphatic carbocycles. The molecule has 0 radical (unpaired) electrons. The van der Waals surface area contributed by atoms with Gasteiger partial charge >= 0.3 is 6.18 Å². The van der Waals surface area contributed by atoms with Crippen LogP contribution >= 0.6 is 0 Å². The van der Waals surface area contributed by atoms with Crippen LogP contribution in [0.3, 0.4) is 0 Å². The van der Waals surface area contributed by atoms with Crippen molar-refractivity contribution in [1.82, 2.24) is 9.80 Å². The normalized spacial score (nSPS) is 15.0. The van der Waals surface area contributed by atoms with E-state index >= 15 is 0 Å². The molecule has 0 saturated carbocycles. The first-order valence-corrected chi connectivity index (χ1v) is 10.1. The number of nitro benzene ring substituents is 2. The fourth-order valence-corrected chi connectivity index (χ4v) is 3.65. The predicted molar refractivity (Wildman–Crippen MR) is 112 cm³/mol. The van der Waals surface area contributed by atoms with Crippen molar-refractivity contribution in [1.29, 1.82) is 0 Å². The summed E-state index contributed by atoms with van der Waals surface area (Å²) in [6.45, 7) is 1.93. The van der Waals surface area contributed by atoms with E-state index in [2.05, 4.69) is 0 Å². The molecule has 3 rings (SSSR count). The Balaban J connectivity index is 1.52. The molecule has 0 unspecified atom stereocenters. The Kier molecular flexibility index (Phi) is 7.26. The maximum atomic E-state index is 13.1. The number of benzene rings is 2. The standard InChI is InChI=1S/C21H21F3N4O5/c22-21(23,24)18-13-16(3-6-19(18)28(32)33)7-9-25-11-12-26(20(29)14-25)10-8-15-1-4-17(5-2-15)27(30)31/h1-6,13H,7-12,14H2. The SMILES string of the molecule is O=C1CN(CCc2ccc([N+](=O)[O-])c(C(F)(F)F)c2)CCN1CCc1ccc([N+](=O)[O-])cc1. The summed E-state index contributed by atoms with van der Waals surface area (Å²) >= 11 is 0. The van der Waals surface area contributed by atoms with Gasteiger partial charge in [0.05, 0.1) is 16.4 Å². The third kappa shape index (κ3) is 6.25. The molecule has 1 aliphatic heterocycles. The summed E-state index contributed by atoms with van der Waals surface area (Å²) in [5, 5.41) is 21.6. The molecule has 1 fully saturated rings. The van der Waals surface area contributed by atoms with Gasteiger partial charge in [-0.2, -0.15) is 13.2 Å². The quantitative estimate of drug-likeness (QED) is 0.435. The number of hydrogen-bond donors (Lipinski definition) is 0. The molecule has 33 heavy (non-hydrogen) atoms. The Morgan fingerprint density at radius 2 is 1.52 bits per heavy atom. The lowest BCUT2D eigenvalue weighted by atomic mass is 10.1. The molecule has 0 atom stereocenters. The molecule has 2 aromatic rings. The molecule has 12 heteroatoms. The smallest absolute Gasteiger partial charge is 0.340 e. The second kappa shape index (κ2) is 9.94. The number of carbonyl (C=O) groups excluding carboxylic acids is 1. The summed E-state index contributed by atoms with van der Waals surface area (Å²) < 4.78 is 39.4. The van der Waals surface area contributed by atoms with E-state index in [9.17, 15) is 38.2 Å². The second-order valence-electron chi connectivity index (χ2n) is 7.69. The van der Waals surface area contributed by atoms with Gasteiger partial charge in [-0.3, -0.25) is 29.9 Å². The molecule has 9 nitrogen and oxygen atoms in total. The number of halogens is 3. The summed E-state index contributed by atoms with van der Waals surface area (Å²) in [6, 6.07) is 9.08. The third-order valence-electron chi connectivity index (χ3n) is 5.50. The van der Waals surface area contributed by atoms with Crippen molar-refractivity contribution in [2.45, 2.75) is 19.0 Å². The van der Waals surface area contributed by atoms with Gasteiger partial charge < -0.3 is 4.90 Å². The van der Waals surface area contributed by atoms with Crippen molar-refractivity contribution in [3.8, 4) is 0 Å². The Morgan fingerprint density at radius 1 is 0.879 bits per heavy atom. The monoisotopic (exact) mass is 466 g/mol. The maximum Gasteiger partial charge on any atom is 0.423 e. The van der Waals surface area contributed by atoms with Gasteiger partial charge in [-0.25, -0.2) is 0 Å². The molecular weight excluding hydrogens is 445 g/mol. The number of hydrogen-bond acceptors (Lipinski definition) is 6. The fourth-order valence-electron chi connectivity index (χ4n) is 3.65. The number of non-ortho nitro benzene ring substituents is 1. The molecule has 0 spiro atoms. The van der Waals surface area contributed by atoms with Crippen LogP contribution in [0, 0.1) is 20.2 Å². The lowest BCUT2D eigenvalue weighted by molar-refractivity contribution is -0.388.